The van der Waals surface area contributed by atoms with E-state index in [-0.39, 0.29) is 6.42 Å². The van der Waals surface area contributed by atoms with Crippen molar-refractivity contribution >= 4 is 24.6 Å². The maximum Gasteiger partial charge on any atom is 0.405 e. The zero-order chi connectivity index (χ0) is 30.3. The first-order chi connectivity index (χ1) is 19.0. The molecular weight excluding hydrogens is 551 g/mol. The topological polar surface area (TPSA) is 104 Å². The number of alkyl halides is 2. The minimum atomic E-state index is -5.02. The van der Waals surface area contributed by atoms with Crippen molar-refractivity contribution in [1.29, 1.82) is 0 Å². The van der Waals surface area contributed by atoms with Crippen LogP contribution < -0.4 is 0 Å². The summed E-state index contributed by atoms with van der Waals surface area (Å²) in [6.45, 7) is 9.13. The highest BCUT2D eigenvalue weighted by Gasteiger charge is 2.58. The number of fused-ring (bicyclic) bond motifs is 1. The molecule has 1 unspecified atom stereocenters. The van der Waals surface area contributed by atoms with Gasteiger partial charge in [-0.2, -0.15) is 8.78 Å². The summed E-state index contributed by atoms with van der Waals surface area (Å²) in [5, 5.41) is 19.1. The van der Waals surface area contributed by atoms with Crippen LogP contribution in [0.15, 0.2) is 78.9 Å². The van der Waals surface area contributed by atoms with E-state index in [9.17, 15) is 14.5 Å². The summed E-state index contributed by atoms with van der Waals surface area (Å²) in [6, 6.07) is 20.6. The van der Waals surface area contributed by atoms with Crippen LogP contribution in [0.25, 0.3) is 11.0 Å². The number of carboxylic acids is 1. The van der Waals surface area contributed by atoms with E-state index in [2.05, 4.69) is 10.3 Å². The van der Waals surface area contributed by atoms with E-state index in [1.165, 1.54) is 58.4 Å². The summed E-state index contributed by atoms with van der Waals surface area (Å²) in [5.41, 5.74) is -6.80. The first kappa shape index (κ1) is 30.5. The van der Waals surface area contributed by atoms with Crippen LogP contribution in [0.1, 0.15) is 58.2 Å². The first-order valence-electron chi connectivity index (χ1n) is 13.1. The highest BCUT2D eigenvalue weighted by molar-refractivity contribution is 7.54. The van der Waals surface area contributed by atoms with Gasteiger partial charge in [0.05, 0.1) is 16.7 Å². The van der Waals surface area contributed by atoms with Gasteiger partial charge < -0.3 is 5.11 Å². The number of halogens is 2. The molecule has 0 saturated carbocycles. The number of benzene rings is 3. The van der Waals surface area contributed by atoms with Crippen molar-refractivity contribution < 1.29 is 32.3 Å². The van der Waals surface area contributed by atoms with E-state index in [1.807, 2.05) is 0 Å². The first-order valence-corrected chi connectivity index (χ1v) is 14.6. The largest absolute Gasteiger partial charge is 0.479 e. The zero-order valence-electron chi connectivity index (χ0n) is 23.8. The van der Waals surface area contributed by atoms with Crippen molar-refractivity contribution in [3.05, 3.63) is 95.6 Å². The Balaban J connectivity index is 1.80. The van der Waals surface area contributed by atoms with Gasteiger partial charge in [-0.1, -0.05) is 71.9 Å². The third kappa shape index (κ3) is 6.10. The van der Waals surface area contributed by atoms with Gasteiger partial charge in [0, 0.05) is 12.0 Å². The van der Waals surface area contributed by atoms with Gasteiger partial charge in [-0.05, 0) is 64.8 Å². The number of rotatable bonds is 9. The van der Waals surface area contributed by atoms with Gasteiger partial charge in [-0.15, -0.1) is 5.10 Å². The Kier molecular flexibility index (Phi) is 7.99. The number of aliphatic carboxylic acids is 1. The molecule has 4 rings (SSSR count). The van der Waals surface area contributed by atoms with E-state index in [1.54, 1.807) is 54.6 Å². The van der Waals surface area contributed by atoms with Gasteiger partial charge in [-0.25, -0.2) is 9.48 Å². The van der Waals surface area contributed by atoms with E-state index in [0.29, 0.717) is 22.2 Å². The fourth-order valence-corrected chi connectivity index (χ4v) is 6.76. The van der Waals surface area contributed by atoms with E-state index >= 15 is 8.78 Å². The molecule has 1 aromatic heterocycles. The molecule has 1 heterocycles. The average Bonchev–Trinajstić information content (AvgIpc) is 3.30. The van der Waals surface area contributed by atoms with Gasteiger partial charge in [0.1, 0.15) is 5.52 Å². The Bertz CT molecular complexity index is 1560. The predicted molar refractivity (Wildman–Crippen MR) is 152 cm³/mol. The second-order valence-corrected chi connectivity index (χ2v) is 13.8. The molecular formula is C30H34F2N3O5P. The van der Waals surface area contributed by atoms with Gasteiger partial charge in [0.15, 0.2) is 5.54 Å². The maximum absolute atomic E-state index is 15.9. The Morgan fingerprint density at radius 3 is 1.90 bits per heavy atom. The van der Waals surface area contributed by atoms with Crippen molar-refractivity contribution in [2.24, 2.45) is 0 Å². The van der Waals surface area contributed by atoms with Gasteiger partial charge in [0.2, 0.25) is 0 Å². The van der Waals surface area contributed by atoms with Gasteiger partial charge in [-0.3, -0.25) is 13.6 Å². The third-order valence-electron chi connectivity index (χ3n) is 6.21. The smallest absolute Gasteiger partial charge is 0.405 e. The standard InChI is InChI=1S/C30H34F2N3O5P/c1-27(2,3)39-41(38,40-28(4,5)6)30(31,32)23-18-16-21(17-19-23)20-29(26(36)37,22-12-8-7-9-13-22)35-25-15-11-10-14-24(25)33-34-35/h7-19H,20H2,1-6H3,(H,36,37). The van der Waals surface area contributed by atoms with Crippen molar-refractivity contribution in [1.82, 2.24) is 15.0 Å². The number of nitrogens with zero attached hydrogens (tertiary/aromatic N) is 3. The number of hydrogen-bond donors (Lipinski definition) is 1. The molecule has 4 aromatic rings. The molecule has 0 aliphatic rings. The molecule has 0 aliphatic carbocycles. The molecule has 0 aliphatic heterocycles. The molecule has 8 nitrogen and oxygen atoms in total. The quantitative estimate of drug-likeness (QED) is 0.205. The number of para-hydroxylation sites is 1. The van der Waals surface area contributed by atoms with Crippen LogP contribution in [-0.4, -0.2) is 37.3 Å². The minimum absolute atomic E-state index is 0.139. The molecule has 0 saturated heterocycles. The molecule has 1 N–H and O–H groups in total. The molecule has 0 fully saturated rings. The second kappa shape index (κ2) is 10.7. The molecule has 0 bridgehead atoms. The van der Waals surface area contributed by atoms with Gasteiger partial charge in [0.25, 0.3) is 0 Å². The Labute approximate surface area is 237 Å². The van der Waals surface area contributed by atoms with Gasteiger partial charge >= 0.3 is 19.2 Å². The SMILES string of the molecule is CC(C)(C)OP(=O)(OC(C)(C)C)C(F)(F)c1ccc(CC(C(=O)O)(c2ccccc2)n2nnc3ccccc32)cc1. The highest BCUT2D eigenvalue weighted by Crippen LogP contribution is 2.69. The van der Waals surface area contributed by atoms with Crippen molar-refractivity contribution in [3.8, 4) is 0 Å². The molecule has 218 valence electrons. The van der Waals surface area contributed by atoms with Crippen LogP contribution in [0.5, 0.6) is 0 Å². The van der Waals surface area contributed by atoms with Crippen LogP contribution in [0, 0.1) is 0 Å². The van der Waals surface area contributed by atoms with Crippen LogP contribution in [-0.2, 0) is 36.0 Å². The summed E-state index contributed by atoms with van der Waals surface area (Å²) in [5.74, 6) is -1.20. The minimum Gasteiger partial charge on any atom is -0.479 e. The number of aromatic nitrogens is 3. The lowest BCUT2D eigenvalue weighted by Gasteiger charge is -2.36. The predicted octanol–water partition coefficient (Wildman–Crippen LogP) is 7.37. The number of hydrogen-bond acceptors (Lipinski definition) is 6. The molecule has 41 heavy (non-hydrogen) atoms. The molecule has 3 aromatic carbocycles. The monoisotopic (exact) mass is 585 g/mol. The average molecular weight is 586 g/mol. The normalized spacial score (nSPS) is 14.6. The molecule has 0 amide bonds. The lowest BCUT2D eigenvalue weighted by Crippen LogP contribution is -2.46. The lowest BCUT2D eigenvalue weighted by molar-refractivity contribution is -0.145. The summed E-state index contributed by atoms with van der Waals surface area (Å²) >= 11 is 0. The van der Waals surface area contributed by atoms with E-state index in [4.69, 9.17) is 9.05 Å². The maximum atomic E-state index is 15.9. The van der Waals surface area contributed by atoms with E-state index < -0.39 is 41.5 Å². The van der Waals surface area contributed by atoms with Crippen molar-refractivity contribution in [2.45, 2.75) is 70.4 Å². The Morgan fingerprint density at radius 1 is 0.829 bits per heavy atom. The van der Waals surface area contributed by atoms with Crippen LogP contribution in [0.3, 0.4) is 0 Å². The molecule has 0 spiro atoms. The van der Waals surface area contributed by atoms with Crippen LogP contribution in [0.2, 0.25) is 0 Å². The zero-order valence-corrected chi connectivity index (χ0v) is 24.7. The van der Waals surface area contributed by atoms with Crippen molar-refractivity contribution in [3.63, 3.8) is 0 Å². The summed E-state index contributed by atoms with van der Waals surface area (Å²) in [6.07, 6.45) is -0.139. The number of carbonyl (C=O) groups is 1. The second-order valence-electron chi connectivity index (χ2n) is 11.8. The molecule has 1 atom stereocenters. The Morgan fingerprint density at radius 2 is 1.37 bits per heavy atom. The van der Waals surface area contributed by atoms with Crippen LogP contribution in [0.4, 0.5) is 8.78 Å². The number of carboxylic acid groups (broad SMARTS) is 1. The van der Waals surface area contributed by atoms with E-state index in [0.717, 1.165) is 12.1 Å². The summed E-state index contributed by atoms with van der Waals surface area (Å²) in [4.78, 5) is 13.1. The summed E-state index contributed by atoms with van der Waals surface area (Å²) in [7, 11) is -5.02. The van der Waals surface area contributed by atoms with Crippen molar-refractivity contribution in [2.75, 3.05) is 0 Å². The summed E-state index contributed by atoms with van der Waals surface area (Å²) < 4.78 is 57.6. The fourth-order valence-electron chi connectivity index (χ4n) is 4.58. The highest BCUT2D eigenvalue weighted by atomic mass is 31.2. The molecule has 11 heteroatoms. The fraction of sp³-hybridized carbons (Fsp3) is 0.367. The molecule has 0 radical (unpaired) electrons. The van der Waals surface area contributed by atoms with Crippen LogP contribution >= 0.6 is 7.60 Å². The Hall–Kier alpha value is -3.46. The third-order valence-corrected chi connectivity index (χ3v) is 8.73. The lowest BCUT2D eigenvalue weighted by atomic mass is 9.83.